The zero-order valence-electron chi connectivity index (χ0n) is 16.0. The quantitative estimate of drug-likeness (QED) is 0.562. The first-order valence-corrected chi connectivity index (χ1v) is 10.1. The Morgan fingerprint density at radius 3 is 2.36 bits per heavy atom. The molecule has 1 aromatic heterocycles. The van der Waals surface area contributed by atoms with Crippen molar-refractivity contribution in [1.82, 2.24) is 4.98 Å². The van der Waals surface area contributed by atoms with Crippen LogP contribution in [0.15, 0.2) is 42.1 Å². The van der Waals surface area contributed by atoms with Gasteiger partial charge in [-0.15, -0.1) is 0 Å². The zero-order valence-corrected chi connectivity index (χ0v) is 16.8. The molecule has 1 nitrogen and oxygen atoms in total. The van der Waals surface area contributed by atoms with E-state index < -0.39 is 0 Å². The summed E-state index contributed by atoms with van der Waals surface area (Å²) in [5.41, 5.74) is 8.15. The van der Waals surface area contributed by atoms with E-state index in [2.05, 4.69) is 38.1 Å². The monoisotopic (exact) mass is 355 g/mol. The number of benzene rings is 1. The van der Waals surface area contributed by atoms with Gasteiger partial charge in [0.1, 0.15) is 0 Å². The molecular formula is C23H30ClN. The predicted molar refractivity (Wildman–Crippen MR) is 110 cm³/mol. The van der Waals surface area contributed by atoms with Gasteiger partial charge in [-0.25, -0.2) is 0 Å². The van der Waals surface area contributed by atoms with E-state index in [4.69, 9.17) is 16.6 Å². The minimum atomic E-state index is 0.828. The van der Waals surface area contributed by atoms with Crippen molar-refractivity contribution in [2.45, 2.75) is 66.2 Å². The van der Waals surface area contributed by atoms with E-state index in [0.717, 1.165) is 30.7 Å². The summed E-state index contributed by atoms with van der Waals surface area (Å²) in [5.74, 6) is 0. The van der Waals surface area contributed by atoms with Crippen LogP contribution in [-0.2, 0) is 12.8 Å². The average Bonchev–Trinajstić information content (AvgIpc) is 2.80. The number of halogens is 1. The Morgan fingerprint density at radius 2 is 1.68 bits per heavy atom. The highest BCUT2D eigenvalue weighted by Gasteiger charge is 2.22. The third-order valence-corrected chi connectivity index (χ3v) is 4.82. The van der Waals surface area contributed by atoms with E-state index in [1.807, 2.05) is 26.1 Å². The Bertz CT molecular complexity index is 723. The van der Waals surface area contributed by atoms with Gasteiger partial charge in [-0.2, -0.15) is 0 Å². The van der Waals surface area contributed by atoms with Crippen LogP contribution in [-0.4, -0.2) is 4.98 Å². The van der Waals surface area contributed by atoms with Gasteiger partial charge in [0, 0.05) is 16.8 Å². The summed E-state index contributed by atoms with van der Waals surface area (Å²) < 4.78 is 0. The molecule has 0 atom stereocenters. The van der Waals surface area contributed by atoms with Gasteiger partial charge in [0.15, 0.2) is 0 Å². The Kier molecular flexibility index (Phi) is 7.71. The predicted octanol–water partition coefficient (Wildman–Crippen LogP) is 7.26. The lowest BCUT2D eigenvalue weighted by atomic mass is 9.89. The van der Waals surface area contributed by atoms with Crippen LogP contribution in [0.1, 0.15) is 75.8 Å². The largest absolute Gasteiger partial charge is 0.256 e. The number of fused-ring (bicyclic) bond motifs is 2. The molecule has 0 radical (unpaired) electrons. The Hall–Kier alpha value is -1.60. The van der Waals surface area contributed by atoms with Crippen LogP contribution < -0.4 is 0 Å². The van der Waals surface area contributed by atoms with Crippen molar-refractivity contribution in [3.8, 4) is 0 Å². The molecule has 0 unspecified atom stereocenters. The first-order chi connectivity index (χ1) is 12.2. The van der Waals surface area contributed by atoms with Crippen LogP contribution >= 0.6 is 11.6 Å². The van der Waals surface area contributed by atoms with Gasteiger partial charge in [0.2, 0.25) is 0 Å². The molecule has 0 aliphatic heterocycles. The second-order valence-corrected chi connectivity index (χ2v) is 6.73. The zero-order chi connectivity index (χ0) is 18.2. The molecule has 1 aliphatic rings. The summed E-state index contributed by atoms with van der Waals surface area (Å²) >= 11 is 6.26. The SMILES string of the molecule is CC.CCCC(CCC)=C1c2ccc(Cl)cc2CCc2cccnc21. The van der Waals surface area contributed by atoms with Crippen molar-refractivity contribution in [1.29, 1.82) is 0 Å². The molecule has 0 N–H and O–H groups in total. The molecule has 0 saturated heterocycles. The summed E-state index contributed by atoms with van der Waals surface area (Å²) in [5, 5.41) is 0.828. The number of aromatic nitrogens is 1. The minimum Gasteiger partial charge on any atom is -0.256 e. The first-order valence-electron chi connectivity index (χ1n) is 9.69. The molecular weight excluding hydrogens is 326 g/mol. The summed E-state index contributed by atoms with van der Waals surface area (Å²) in [7, 11) is 0. The molecule has 134 valence electrons. The summed E-state index contributed by atoms with van der Waals surface area (Å²) in [6.45, 7) is 8.52. The van der Waals surface area contributed by atoms with Crippen molar-refractivity contribution in [2.24, 2.45) is 0 Å². The van der Waals surface area contributed by atoms with Gasteiger partial charge in [-0.1, -0.05) is 69.8 Å². The second-order valence-electron chi connectivity index (χ2n) is 6.29. The lowest BCUT2D eigenvalue weighted by molar-refractivity contribution is 0.805. The third kappa shape index (κ3) is 4.52. The molecule has 1 aromatic carbocycles. The van der Waals surface area contributed by atoms with Crippen LogP contribution in [0.2, 0.25) is 5.02 Å². The number of aryl methyl sites for hydroxylation is 2. The smallest absolute Gasteiger partial charge is 0.0739 e. The van der Waals surface area contributed by atoms with Crippen LogP contribution in [0, 0.1) is 0 Å². The maximum atomic E-state index is 6.26. The van der Waals surface area contributed by atoms with Crippen molar-refractivity contribution >= 4 is 17.2 Å². The number of nitrogens with zero attached hydrogens (tertiary/aromatic N) is 1. The van der Waals surface area contributed by atoms with Crippen LogP contribution in [0.3, 0.4) is 0 Å². The highest BCUT2D eigenvalue weighted by molar-refractivity contribution is 6.30. The van der Waals surface area contributed by atoms with E-state index in [1.165, 1.54) is 40.8 Å². The average molecular weight is 356 g/mol. The van der Waals surface area contributed by atoms with E-state index in [-0.39, 0.29) is 0 Å². The lowest BCUT2D eigenvalue weighted by Gasteiger charge is -2.17. The molecule has 0 fully saturated rings. The fourth-order valence-electron chi connectivity index (χ4n) is 3.61. The fraction of sp³-hybridized carbons (Fsp3) is 0.435. The molecule has 25 heavy (non-hydrogen) atoms. The molecule has 0 spiro atoms. The number of allylic oxidation sites excluding steroid dienone is 1. The molecule has 2 aromatic rings. The number of rotatable bonds is 4. The Morgan fingerprint density at radius 1 is 1.00 bits per heavy atom. The van der Waals surface area contributed by atoms with Gasteiger partial charge in [-0.3, -0.25) is 4.98 Å². The maximum Gasteiger partial charge on any atom is 0.0739 e. The van der Waals surface area contributed by atoms with Crippen molar-refractivity contribution < 1.29 is 0 Å². The van der Waals surface area contributed by atoms with Crippen LogP contribution in [0.4, 0.5) is 0 Å². The Labute approximate surface area is 158 Å². The molecule has 0 saturated carbocycles. The van der Waals surface area contributed by atoms with Crippen LogP contribution in [0.25, 0.3) is 5.57 Å². The number of pyridine rings is 1. The topological polar surface area (TPSA) is 12.9 Å². The van der Waals surface area contributed by atoms with Crippen molar-refractivity contribution in [2.75, 3.05) is 0 Å². The molecule has 2 heteroatoms. The highest BCUT2D eigenvalue weighted by Crippen LogP contribution is 2.37. The summed E-state index contributed by atoms with van der Waals surface area (Å²) in [4.78, 5) is 4.78. The van der Waals surface area contributed by atoms with Gasteiger partial charge in [0.25, 0.3) is 0 Å². The minimum absolute atomic E-state index is 0.828. The van der Waals surface area contributed by atoms with Crippen LogP contribution in [0.5, 0.6) is 0 Å². The first kappa shape index (κ1) is 19.7. The summed E-state index contributed by atoms with van der Waals surface area (Å²) in [6.07, 6.45) is 8.61. The van der Waals surface area contributed by atoms with E-state index >= 15 is 0 Å². The number of hydrogen-bond donors (Lipinski definition) is 0. The number of hydrogen-bond acceptors (Lipinski definition) is 1. The summed E-state index contributed by atoms with van der Waals surface area (Å²) in [6, 6.07) is 10.6. The highest BCUT2D eigenvalue weighted by atomic mass is 35.5. The molecule has 1 heterocycles. The third-order valence-electron chi connectivity index (χ3n) is 4.59. The van der Waals surface area contributed by atoms with Gasteiger partial charge in [0.05, 0.1) is 5.69 Å². The maximum absolute atomic E-state index is 6.26. The Balaban J connectivity index is 0.00000109. The standard InChI is InChI=1S/C21H24ClN.C2H6/c1-3-6-15(7-4-2)20-19-12-11-18(22)14-17(19)10-9-16-8-5-13-23-21(16)20;1-2/h5,8,11-14H,3-4,6-7,9-10H2,1-2H3;1-2H3. The fourth-order valence-corrected chi connectivity index (χ4v) is 3.81. The molecule has 3 rings (SSSR count). The molecule has 0 amide bonds. The molecule has 1 aliphatic carbocycles. The van der Waals surface area contributed by atoms with Crippen molar-refractivity contribution in [3.63, 3.8) is 0 Å². The second kappa shape index (κ2) is 9.77. The molecule has 0 bridgehead atoms. The van der Waals surface area contributed by atoms with E-state index in [9.17, 15) is 0 Å². The van der Waals surface area contributed by atoms with E-state index in [0.29, 0.717) is 0 Å². The van der Waals surface area contributed by atoms with Crippen molar-refractivity contribution in [3.05, 3.63) is 69.5 Å². The lowest BCUT2D eigenvalue weighted by Crippen LogP contribution is -2.00. The van der Waals surface area contributed by atoms with Gasteiger partial charge in [-0.05, 0) is 60.6 Å². The van der Waals surface area contributed by atoms with E-state index in [1.54, 1.807) is 5.57 Å². The van der Waals surface area contributed by atoms with Gasteiger partial charge < -0.3 is 0 Å². The normalized spacial score (nSPS) is 12.4. The van der Waals surface area contributed by atoms with Gasteiger partial charge >= 0.3 is 0 Å².